The topological polar surface area (TPSA) is 43.8 Å². The first kappa shape index (κ1) is 18.2. The molecule has 152 valence electrons. The summed E-state index contributed by atoms with van der Waals surface area (Å²) in [5.74, 6) is -0.110. The second-order valence-electron chi connectivity index (χ2n) is 8.19. The molecule has 1 atom stereocenters. The summed E-state index contributed by atoms with van der Waals surface area (Å²) in [4.78, 5) is 18.4. The van der Waals surface area contributed by atoms with Gasteiger partial charge in [-0.1, -0.05) is 6.08 Å². The van der Waals surface area contributed by atoms with Gasteiger partial charge < -0.3 is 19.7 Å². The molecule has 7 heteroatoms. The zero-order valence-corrected chi connectivity index (χ0v) is 16.9. The molecule has 0 unspecified atom stereocenters. The molecule has 6 nitrogen and oxygen atoms in total. The highest BCUT2D eigenvalue weighted by atomic mass is 19.1. The Kier molecular flexibility index (Phi) is 4.35. The number of allylic oxidation sites excluding steroid dienone is 1. The van der Waals surface area contributed by atoms with Crippen molar-refractivity contribution in [1.29, 1.82) is 0 Å². The van der Waals surface area contributed by atoms with Crippen LogP contribution in [0.1, 0.15) is 18.5 Å². The van der Waals surface area contributed by atoms with Crippen LogP contribution < -0.4 is 5.32 Å². The van der Waals surface area contributed by atoms with Gasteiger partial charge in [0, 0.05) is 57.9 Å². The highest BCUT2D eigenvalue weighted by Gasteiger charge is 2.26. The van der Waals surface area contributed by atoms with Crippen LogP contribution in [0.4, 0.5) is 10.1 Å². The second-order valence-corrected chi connectivity index (χ2v) is 8.19. The molecule has 1 fully saturated rings. The third kappa shape index (κ3) is 3.09. The number of hydrogen-bond donors (Lipinski definition) is 1. The van der Waals surface area contributed by atoms with E-state index in [1.807, 2.05) is 29.8 Å². The summed E-state index contributed by atoms with van der Waals surface area (Å²) >= 11 is 0. The molecule has 3 aliphatic rings. The third-order valence-corrected chi connectivity index (χ3v) is 6.25. The predicted molar refractivity (Wildman–Crippen MR) is 112 cm³/mol. The van der Waals surface area contributed by atoms with Crippen LogP contribution in [0.3, 0.4) is 0 Å². The van der Waals surface area contributed by atoms with Crippen molar-refractivity contribution < 1.29 is 9.18 Å². The van der Waals surface area contributed by atoms with Crippen LogP contribution in [0.15, 0.2) is 48.2 Å². The molecule has 1 aromatic carbocycles. The Balaban J connectivity index is 1.30. The zero-order valence-electron chi connectivity index (χ0n) is 16.9. The fraction of sp³-hybridized carbons (Fsp3) is 0.409. The van der Waals surface area contributed by atoms with Gasteiger partial charge in [-0.05, 0) is 36.8 Å². The number of amides is 1. The minimum Gasteiger partial charge on any atom is -0.365 e. The van der Waals surface area contributed by atoms with Gasteiger partial charge in [0.15, 0.2) is 0 Å². The predicted octanol–water partition coefficient (Wildman–Crippen LogP) is 2.91. The number of carbonyl (C=O) groups is 1. The van der Waals surface area contributed by atoms with Gasteiger partial charge in [0.2, 0.25) is 11.9 Å². The van der Waals surface area contributed by atoms with Crippen molar-refractivity contribution in [1.82, 2.24) is 19.3 Å². The van der Waals surface area contributed by atoms with E-state index >= 15 is 0 Å². The van der Waals surface area contributed by atoms with Crippen LogP contribution in [-0.4, -0.2) is 64.9 Å². The van der Waals surface area contributed by atoms with Crippen molar-refractivity contribution in [3.8, 4) is 0 Å². The highest BCUT2D eigenvalue weighted by Crippen LogP contribution is 2.34. The quantitative estimate of drug-likeness (QED) is 0.812. The molecule has 3 aliphatic heterocycles. The molecule has 1 N–H and O–H groups in total. The Morgan fingerprint density at radius 3 is 2.79 bits per heavy atom. The number of aromatic nitrogens is 1. The van der Waals surface area contributed by atoms with Crippen LogP contribution in [-0.2, 0) is 11.3 Å². The molecule has 29 heavy (non-hydrogen) atoms. The third-order valence-electron chi connectivity index (χ3n) is 6.25. The lowest BCUT2D eigenvalue weighted by Crippen LogP contribution is -2.46. The molecule has 0 radical (unpaired) electrons. The average Bonchev–Trinajstić information content (AvgIpc) is 3.14. The first-order valence-corrected chi connectivity index (χ1v) is 10.2. The van der Waals surface area contributed by atoms with E-state index in [1.54, 1.807) is 11.9 Å². The van der Waals surface area contributed by atoms with Crippen molar-refractivity contribution in [2.75, 3.05) is 45.1 Å². The molecular weight excluding hydrogens is 369 g/mol. The minimum atomic E-state index is -0.179. The van der Waals surface area contributed by atoms with E-state index in [0.717, 1.165) is 49.3 Å². The maximum Gasteiger partial charge on any atom is 0.247 e. The largest absolute Gasteiger partial charge is 0.365 e. The number of nitrogens with zero attached hydrogens (tertiary/aromatic N) is 4. The molecule has 0 bridgehead atoms. The normalized spacial score (nSPS) is 22.6. The van der Waals surface area contributed by atoms with Crippen molar-refractivity contribution in [3.63, 3.8) is 0 Å². The number of piperazine rings is 1. The lowest BCUT2D eigenvalue weighted by Gasteiger charge is -2.38. The molecule has 1 saturated heterocycles. The number of likely N-dealkylation sites (N-methyl/N-ethyl adjacent to an activating group) is 1. The number of carbonyl (C=O) groups excluding carboxylic acids is 1. The van der Waals surface area contributed by atoms with Gasteiger partial charge in [-0.3, -0.25) is 9.69 Å². The van der Waals surface area contributed by atoms with Gasteiger partial charge in [-0.2, -0.15) is 4.39 Å². The van der Waals surface area contributed by atoms with E-state index in [2.05, 4.69) is 33.3 Å². The maximum atomic E-state index is 14.4. The number of halogens is 1. The van der Waals surface area contributed by atoms with Crippen molar-refractivity contribution >= 4 is 22.5 Å². The van der Waals surface area contributed by atoms with E-state index in [1.165, 1.54) is 5.56 Å². The SMILES string of the molecule is C[C@H]1C(=O)Nc2cc(CN3CCN(C4=C(F)N(C)CC=C4)CC3)cc3ccn1c23. The van der Waals surface area contributed by atoms with Crippen LogP contribution in [0.25, 0.3) is 10.9 Å². The number of hydrogen-bond acceptors (Lipinski definition) is 4. The summed E-state index contributed by atoms with van der Waals surface area (Å²) < 4.78 is 16.5. The summed E-state index contributed by atoms with van der Waals surface area (Å²) in [6, 6.07) is 6.21. The van der Waals surface area contributed by atoms with Crippen molar-refractivity contribution in [2.45, 2.75) is 19.5 Å². The van der Waals surface area contributed by atoms with Gasteiger partial charge in [0.25, 0.3) is 0 Å². The Hall–Kier alpha value is -2.80. The molecule has 1 amide bonds. The monoisotopic (exact) mass is 395 g/mol. The number of nitrogens with one attached hydrogen (secondary N) is 1. The Morgan fingerprint density at radius 1 is 1.21 bits per heavy atom. The number of anilines is 1. The average molecular weight is 395 g/mol. The van der Waals surface area contributed by atoms with Crippen LogP contribution >= 0.6 is 0 Å². The summed E-state index contributed by atoms with van der Waals surface area (Å²) in [5.41, 5.74) is 3.88. The van der Waals surface area contributed by atoms with E-state index in [4.69, 9.17) is 0 Å². The fourth-order valence-corrected chi connectivity index (χ4v) is 4.55. The molecule has 0 saturated carbocycles. The van der Waals surface area contributed by atoms with E-state index < -0.39 is 0 Å². The highest BCUT2D eigenvalue weighted by molar-refractivity contribution is 6.06. The molecule has 1 aromatic heterocycles. The van der Waals surface area contributed by atoms with Crippen LogP contribution in [0, 0.1) is 0 Å². The molecular formula is C22H26FN5O. The molecule has 0 aliphatic carbocycles. The Morgan fingerprint density at radius 2 is 2.00 bits per heavy atom. The van der Waals surface area contributed by atoms with Crippen LogP contribution in [0.5, 0.6) is 0 Å². The number of benzene rings is 1. The van der Waals surface area contributed by atoms with Gasteiger partial charge in [-0.25, -0.2) is 0 Å². The Bertz CT molecular complexity index is 1030. The molecule has 4 heterocycles. The van der Waals surface area contributed by atoms with Gasteiger partial charge >= 0.3 is 0 Å². The standard InChI is InChI=1S/C22H26FN5O/c1-15-22(29)24-18-13-16(12-17-5-7-28(15)20(17)18)14-26-8-10-27(11-9-26)19-4-3-6-25(2)21(19)23/h3-5,7,12-13,15H,6,8-11,14H2,1-2H3,(H,24,29)/t15-/m0/s1. The van der Waals surface area contributed by atoms with Gasteiger partial charge in [0.05, 0.1) is 16.9 Å². The summed E-state index contributed by atoms with van der Waals surface area (Å²) in [7, 11) is 1.78. The first-order valence-electron chi connectivity index (χ1n) is 10.2. The maximum absolute atomic E-state index is 14.4. The minimum absolute atomic E-state index is 0.0292. The summed E-state index contributed by atoms with van der Waals surface area (Å²) in [5, 5.41) is 4.21. The van der Waals surface area contributed by atoms with Gasteiger partial charge in [0.1, 0.15) is 6.04 Å². The van der Waals surface area contributed by atoms with E-state index in [-0.39, 0.29) is 17.9 Å². The zero-order chi connectivity index (χ0) is 20.1. The summed E-state index contributed by atoms with van der Waals surface area (Å²) in [6.07, 6.45) is 5.90. The fourth-order valence-electron chi connectivity index (χ4n) is 4.55. The van der Waals surface area contributed by atoms with Crippen LogP contribution in [0.2, 0.25) is 0 Å². The molecule has 5 rings (SSSR count). The summed E-state index contributed by atoms with van der Waals surface area (Å²) in [6.45, 7) is 6.74. The van der Waals surface area contributed by atoms with Gasteiger partial charge in [-0.15, -0.1) is 0 Å². The molecule has 2 aromatic rings. The van der Waals surface area contributed by atoms with Crippen molar-refractivity contribution in [2.24, 2.45) is 0 Å². The lowest BCUT2D eigenvalue weighted by molar-refractivity contribution is -0.118. The van der Waals surface area contributed by atoms with Crippen molar-refractivity contribution in [3.05, 3.63) is 53.8 Å². The first-order chi connectivity index (χ1) is 14.0. The Labute approximate surface area is 169 Å². The second kappa shape index (κ2) is 6.91. The van der Waals surface area contributed by atoms with E-state index in [0.29, 0.717) is 12.2 Å². The molecule has 0 spiro atoms. The lowest BCUT2D eigenvalue weighted by atomic mass is 10.1. The number of rotatable bonds is 3. The smallest absolute Gasteiger partial charge is 0.247 e. The van der Waals surface area contributed by atoms with E-state index in [9.17, 15) is 9.18 Å².